The van der Waals surface area contributed by atoms with Crippen molar-refractivity contribution in [1.82, 2.24) is 0 Å². The molecule has 1 saturated heterocycles. The van der Waals surface area contributed by atoms with E-state index in [0.717, 1.165) is 25.4 Å². The van der Waals surface area contributed by atoms with Gasteiger partial charge in [-0.1, -0.05) is 27.7 Å². The van der Waals surface area contributed by atoms with Gasteiger partial charge in [0.2, 0.25) is 0 Å². The Bertz CT molecular complexity index is 360. The first-order valence-electron chi connectivity index (χ1n) is 8.96. The highest BCUT2D eigenvalue weighted by Crippen LogP contribution is 2.41. The van der Waals surface area contributed by atoms with E-state index in [1.807, 2.05) is 7.11 Å². The number of methoxy groups -OCH3 is 1. The predicted octanol–water partition coefficient (Wildman–Crippen LogP) is 4.62. The van der Waals surface area contributed by atoms with Crippen molar-refractivity contribution in [2.75, 3.05) is 13.7 Å². The summed E-state index contributed by atoms with van der Waals surface area (Å²) in [6, 6.07) is 0. The molecule has 0 aromatic heterocycles. The highest BCUT2D eigenvalue weighted by molar-refractivity contribution is 6.74. The molecule has 130 valence electrons. The number of hydrogen-bond donors (Lipinski definition) is 0. The smallest absolute Gasteiger partial charge is 0.192 e. The van der Waals surface area contributed by atoms with Crippen molar-refractivity contribution in [3.63, 3.8) is 0 Å². The molecular formula is C18H36O3Si. The molecule has 1 heterocycles. The average Bonchev–Trinajstić information content (AvgIpc) is 3.23. The van der Waals surface area contributed by atoms with Gasteiger partial charge in [0.1, 0.15) is 0 Å². The summed E-state index contributed by atoms with van der Waals surface area (Å²) in [4.78, 5) is 0. The van der Waals surface area contributed by atoms with Crippen LogP contribution in [0.1, 0.15) is 53.4 Å². The van der Waals surface area contributed by atoms with Crippen LogP contribution in [0.2, 0.25) is 18.1 Å². The number of epoxide rings is 1. The fraction of sp³-hybridized carbons (Fsp3) is 1.00. The standard InChI is InChI=1S/C18H36O3Si/c1-13(17-12-20-17)10-14-8-9-15(16(11-14)19-5)21-22(6,7)18(2,3)4/h13-17H,8-12H2,1-7H3/t13-,14+,15-,16-,17+/m1/s1. The molecule has 1 aliphatic carbocycles. The van der Waals surface area contributed by atoms with Crippen LogP contribution in [0.5, 0.6) is 0 Å². The molecule has 5 atom stereocenters. The molecule has 0 unspecified atom stereocenters. The Morgan fingerprint density at radius 2 is 1.82 bits per heavy atom. The number of hydrogen-bond acceptors (Lipinski definition) is 3. The summed E-state index contributed by atoms with van der Waals surface area (Å²) in [7, 11) is 0.137. The van der Waals surface area contributed by atoms with E-state index in [4.69, 9.17) is 13.9 Å². The fourth-order valence-electron chi connectivity index (χ4n) is 3.40. The predicted molar refractivity (Wildman–Crippen MR) is 93.7 cm³/mol. The van der Waals surface area contributed by atoms with E-state index in [0.29, 0.717) is 12.0 Å². The van der Waals surface area contributed by atoms with Crippen LogP contribution in [0.4, 0.5) is 0 Å². The van der Waals surface area contributed by atoms with Gasteiger partial charge in [-0.15, -0.1) is 0 Å². The average molecular weight is 329 g/mol. The molecule has 2 aliphatic rings. The lowest BCUT2D eigenvalue weighted by Crippen LogP contribution is -2.49. The van der Waals surface area contributed by atoms with Gasteiger partial charge >= 0.3 is 0 Å². The topological polar surface area (TPSA) is 31.0 Å². The maximum atomic E-state index is 6.65. The summed E-state index contributed by atoms with van der Waals surface area (Å²) in [5, 5.41) is 0.264. The molecule has 0 radical (unpaired) electrons. The fourth-order valence-corrected chi connectivity index (χ4v) is 4.78. The van der Waals surface area contributed by atoms with Gasteiger partial charge < -0.3 is 13.9 Å². The Balaban J connectivity index is 1.89. The van der Waals surface area contributed by atoms with E-state index in [-0.39, 0.29) is 17.2 Å². The van der Waals surface area contributed by atoms with E-state index in [2.05, 4.69) is 40.8 Å². The van der Waals surface area contributed by atoms with Crippen molar-refractivity contribution in [2.24, 2.45) is 11.8 Å². The Labute approximate surface area is 138 Å². The molecule has 0 aromatic carbocycles. The van der Waals surface area contributed by atoms with Crippen molar-refractivity contribution >= 4 is 8.32 Å². The molecule has 0 bridgehead atoms. The van der Waals surface area contributed by atoms with Gasteiger partial charge in [-0.2, -0.15) is 0 Å². The molecule has 0 spiro atoms. The first-order valence-corrected chi connectivity index (χ1v) is 11.9. The maximum absolute atomic E-state index is 6.65. The lowest BCUT2D eigenvalue weighted by Gasteiger charge is -2.44. The van der Waals surface area contributed by atoms with Crippen LogP contribution in [-0.4, -0.2) is 40.3 Å². The van der Waals surface area contributed by atoms with Crippen LogP contribution in [0, 0.1) is 11.8 Å². The highest BCUT2D eigenvalue weighted by atomic mass is 28.4. The SMILES string of the molecule is CO[C@@H]1C[C@H](C[C@@H](C)[C@@H]2CO2)CC[C@H]1O[Si](C)(C)C(C)(C)C. The quantitative estimate of drug-likeness (QED) is 0.527. The molecular weight excluding hydrogens is 292 g/mol. The molecule has 1 aliphatic heterocycles. The summed E-state index contributed by atoms with van der Waals surface area (Å²) in [6.07, 6.45) is 5.92. The Morgan fingerprint density at radius 1 is 1.18 bits per heavy atom. The Morgan fingerprint density at radius 3 is 2.32 bits per heavy atom. The van der Waals surface area contributed by atoms with E-state index >= 15 is 0 Å². The van der Waals surface area contributed by atoms with Gasteiger partial charge in [0.05, 0.1) is 24.9 Å². The third kappa shape index (κ3) is 4.56. The maximum Gasteiger partial charge on any atom is 0.192 e. The van der Waals surface area contributed by atoms with Gasteiger partial charge in [0.15, 0.2) is 8.32 Å². The normalized spacial score (nSPS) is 34.5. The molecule has 0 amide bonds. The summed E-state index contributed by atoms with van der Waals surface area (Å²) in [5.41, 5.74) is 0. The summed E-state index contributed by atoms with van der Waals surface area (Å²) in [5.74, 6) is 1.46. The summed E-state index contributed by atoms with van der Waals surface area (Å²) < 4.78 is 17.9. The Hall–Kier alpha value is 0.0969. The Kier molecular flexibility index (Phi) is 5.80. The van der Waals surface area contributed by atoms with Gasteiger partial charge in [-0.25, -0.2) is 0 Å². The third-order valence-corrected chi connectivity index (χ3v) is 10.6. The minimum Gasteiger partial charge on any atom is -0.411 e. The van der Waals surface area contributed by atoms with Crippen LogP contribution in [0.3, 0.4) is 0 Å². The van der Waals surface area contributed by atoms with Gasteiger partial charge in [0.25, 0.3) is 0 Å². The molecule has 1 saturated carbocycles. The second-order valence-corrected chi connectivity index (χ2v) is 13.7. The van der Waals surface area contributed by atoms with Crippen LogP contribution >= 0.6 is 0 Å². The molecule has 22 heavy (non-hydrogen) atoms. The van der Waals surface area contributed by atoms with Crippen molar-refractivity contribution < 1.29 is 13.9 Å². The molecule has 3 nitrogen and oxygen atoms in total. The number of ether oxygens (including phenoxy) is 2. The summed E-state index contributed by atoms with van der Waals surface area (Å²) >= 11 is 0. The van der Waals surface area contributed by atoms with Crippen molar-refractivity contribution in [2.45, 2.75) is 89.8 Å². The molecule has 2 fully saturated rings. The number of rotatable bonds is 6. The van der Waals surface area contributed by atoms with Gasteiger partial charge in [-0.3, -0.25) is 0 Å². The monoisotopic (exact) mass is 328 g/mol. The zero-order chi connectivity index (χ0) is 16.5. The minimum atomic E-state index is -1.71. The largest absolute Gasteiger partial charge is 0.411 e. The zero-order valence-electron chi connectivity index (χ0n) is 15.6. The molecule has 2 rings (SSSR count). The van der Waals surface area contributed by atoms with E-state index in [1.165, 1.54) is 12.8 Å². The lowest BCUT2D eigenvalue weighted by molar-refractivity contribution is -0.0467. The second-order valence-electron chi connectivity index (χ2n) is 8.95. The van der Waals surface area contributed by atoms with Crippen LogP contribution in [0.15, 0.2) is 0 Å². The first-order chi connectivity index (χ1) is 10.1. The third-order valence-electron chi connectivity index (χ3n) is 6.09. The zero-order valence-corrected chi connectivity index (χ0v) is 16.6. The first kappa shape index (κ1) is 18.4. The van der Waals surface area contributed by atoms with Crippen molar-refractivity contribution in [3.8, 4) is 0 Å². The van der Waals surface area contributed by atoms with E-state index in [1.54, 1.807) is 0 Å². The lowest BCUT2D eigenvalue weighted by atomic mass is 9.80. The van der Waals surface area contributed by atoms with Crippen molar-refractivity contribution in [1.29, 1.82) is 0 Å². The molecule has 0 N–H and O–H groups in total. The molecule has 0 aromatic rings. The highest BCUT2D eigenvalue weighted by Gasteiger charge is 2.43. The van der Waals surface area contributed by atoms with E-state index in [9.17, 15) is 0 Å². The second kappa shape index (κ2) is 6.92. The minimum absolute atomic E-state index is 0.264. The van der Waals surface area contributed by atoms with Crippen molar-refractivity contribution in [3.05, 3.63) is 0 Å². The van der Waals surface area contributed by atoms with Crippen LogP contribution < -0.4 is 0 Å². The van der Waals surface area contributed by atoms with Crippen LogP contribution in [-0.2, 0) is 13.9 Å². The van der Waals surface area contributed by atoms with Crippen LogP contribution in [0.25, 0.3) is 0 Å². The summed E-state index contributed by atoms with van der Waals surface area (Å²) in [6.45, 7) is 14.9. The molecule has 4 heteroatoms. The van der Waals surface area contributed by atoms with Gasteiger partial charge in [-0.05, 0) is 55.7 Å². The van der Waals surface area contributed by atoms with E-state index < -0.39 is 8.32 Å². The van der Waals surface area contributed by atoms with Gasteiger partial charge in [0, 0.05) is 7.11 Å².